The highest BCUT2D eigenvalue weighted by Gasteiger charge is 2.33. The molecule has 1 atom stereocenters. The van der Waals surface area contributed by atoms with E-state index in [0.717, 1.165) is 5.56 Å². The lowest BCUT2D eigenvalue weighted by molar-refractivity contribution is -0.126. The number of sulfonamides is 1. The van der Waals surface area contributed by atoms with E-state index in [4.69, 9.17) is 16.3 Å². The summed E-state index contributed by atoms with van der Waals surface area (Å²) in [5.41, 5.74) is 0.894. The minimum absolute atomic E-state index is 0.0994. The Hall–Kier alpha value is -2.16. The van der Waals surface area contributed by atoms with Gasteiger partial charge >= 0.3 is 0 Å². The Kier molecular flexibility index (Phi) is 7.10. The van der Waals surface area contributed by atoms with Gasteiger partial charge in [-0.3, -0.25) is 9.78 Å². The van der Waals surface area contributed by atoms with Crippen LogP contribution in [0.3, 0.4) is 0 Å². The van der Waals surface area contributed by atoms with Crippen LogP contribution in [0.25, 0.3) is 0 Å². The van der Waals surface area contributed by atoms with Crippen molar-refractivity contribution in [3.63, 3.8) is 0 Å². The maximum Gasteiger partial charge on any atom is 0.243 e. The number of aromatic nitrogens is 1. The first-order chi connectivity index (χ1) is 13.9. The molecule has 0 bridgehead atoms. The first-order valence-electron chi connectivity index (χ1n) is 9.51. The fourth-order valence-corrected chi connectivity index (χ4v) is 5.12. The summed E-state index contributed by atoms with van der Waals surface area (Å²) in [6, 6.07) is 8.12. The summed E-state index contributed by atoms with van der Waals surface area (Å²) in [5.74, 6) is -0.105. The van der Waals surface area contributed by atoms with Crippen molar-refractivity contribution >= 4 is 27.5 Å². The molecule has 1 aliphatic rings. The van der Waals surface area contributed by atoms with E-state index in [1.165, 1.54) is 16.4 Å². The van der Waals surface area contributed by atoms with Gasteiger partial charge in [0.1, 0.15) is 5.75 Å². The van der Waals surface area contributed by atoms with E-state index >= 15 is 0 Å². The molecule has 1 N–H and O–H groups in total. The molecule has 0 radical (unpaired) electrons. The lowest BCUT2D eigenvalue weighted by atomic mass is 9.99. The van der Waals surface area contributed by atoms with Gasteiger partial charge < -0.3 is 10.1 Å². The SMILES string of the molecule is CCOc1ccc(S(=O)(=O)N2CCC[C@@H](C(=O)NCc3cccnc3)C2)cc1Cl. The fourth-order valence-electron chi connectivity index (χ4n) is 3.27. The number of nitrogens with zero attached hydrogens (tertiary/aromatic N) is 2. The lowest BCUT2D eigenvalue weighted by Gasteiger charge is -2.31. The fraction of sp³-hybridized carbons (Fsp3) is 0.400. The number of ether oxygens (including phenoxy) is 1. The molecule has 156 valence electrons. The Balaban J connectivity index is 1.67. The third-order valence-corrected chi connectivity index (χ3v) is 6.94. The molecule has 2 aromatic rings. The van der Waals surface area contributed by atoms with Crippen LogP contribution in [0.5, 0.6) is 5.75 Å². The third kappa shape index (κ3) is 5.26. The van der Waals surface area contributed by atoms with E-state index in [2.05, 4.69) is 10.3 Å². The van der Waals surface area contributed by atoms with Crippen LogP contribution in [0.4, 0.5) is 0 Å². The van der Waals surface area contributed by atoms with Crippen molar-refractivity contribution in [2.24, 2.45) is 5.92 Å². The van der Waals surface area contributed by atoms with Crippen molar-refractivity contribution in [3.05, 3.63) is 53.3 Å². The Morgan fingerprint density at radius 2 is 2.21 bits per heavy atom. The van der Waals surface area contributed by atoms with Crippen molar-refractivity contribution in [2.45, 2.75) is 31.2 Å². The molecule has 3 rings (SSSR count). The number of rotatable bonds is 7. The van der Waals surface area contributed by atoms with E-state index in [0.29, 0.717) is 38.3 Å². The minimum Gasteiger partial charge on any atom is -0.492 e. The average Bonchev–Trinajstić information content (AvgIpc) is 2.74. The van der Waals surface area contributed by atoms with E-state index in [1.54, 1.807) is 24.5 Å². The van der Waals surface area contributed by atoms with Gasteiger partial charge in [0.05, 0.1) is 22.4 Å². The molecule has 0 unspecified atom stereocenters. The third-order valence-electron chi connectivity index (χ3n) is 4.79. The van der Waals surface area contributed by atoms with Gasteiger partial charge in [0, 0.05) is 32.0 Å². The maximum absolute atomic E-state index is 13.0. The molecular formula is C20H24ClN3O4S. The van der Waals surface area contributed by atoms with Gasteiger partial charge in [-0.2, -0.15) is 4.31 Å². The zero-order chi connectivity index (χ0) is 20.9. The Bertz CT molecular complexity index is 953. The van der Waals surface area contributed by atoms with Crippen LogP contribution in [-0.4, -0.2) is 43.3 Å². The van der Waals surface area contributed by atoms with Crippen LogP contribution in [0.15, 0.2) is 47.6 Å². The van der Waals surface area contributed by atoms with Gasteiger partial charge in [-0.05, 0) is 49.6 Å². The van der Waals surface area contributed by atoms with Crippen molar-refractivity contribution < 1.29 is 17.9 Å². The van der Waals surface area contributed by atoms with Crippen LogP contribution in [0.2, 0.25) is 5.02 Å². The van der Waals surface area contributed by atoms with E-state index in [-0.39, 0.29) is 22.4 Å². The largest absolute Gasteiger partial charge is 0.492 e. The number of piperidine rings is 1. The molecule has 0 aliphatic carbocycles. The summed E-state index contributed by atoms with van der Waals surface area (Å²) in [4.78, 5) is 16.7. The van der Waals surface area contributed by atoms with Crippen molar-refractivity contribution in [2.75, 3.05) is 19.7 Å². The standard InChI is InChI=1S/C20H24ClN3O4S/c1-2-28-19-8-7-17(11-18(19)21)29(26,27)24-10-4-6-16(14-24)20(25)23-13-15-5-3-9-22-12-15/h3,5,7-9,11-12,16H,2,4,6,10,13-14H2,1H3,(H,23,25)/t16-/m1/s1. The van der Waals surface area contributed by atoms with Crippen molar-refractivity contribution in [1.82, 2.24) is 14.6 Å². The van der Waals surface area contributed by atoms with Gasteiger partial charge in [-0.15, -0.1) is 0 Å². The monoisotopic (exact) mass is 437 g/mol. The maximum atomic E-state index is 13.0. The summed E-state index contributed by atoms with van der Waals surface area (Å²) < 4.78 is 32.8. The lowest BCUT2D eigenvalue weighted by Crippen LogP contribution is -2.45. The summed E-state index contributed by atoms with van der Waals surface area (Å²) in [6.07, 6.45) is 4.62. The Morgan fingerprint density at radius 1 is 1.38 bits per heavy atom. The molecule has 0 spiro atoms. The first-order valence-corrected chi connectivity index (χ1v) is 11.3. The quantitative estimate of drug-likeness (QED) is 0.719. The number of carbonyl (C=O) groups excluding carboxylic acids is 1. The minimum atomic E-state index is -3.75. The van der Waals surface area contributed by atoms with Crippen LogP contribution in [0.1, 0.15) is 25.3 Å². The van der Waals surface area contributed by atoms with Crippen molar-refractivity contribution in [1.29, 1.82) is 0 Å². The second-order valence-corrected chi connectivity index (χ2v) is 9.15. The first kappa shape index (κ1) is 21.5. The molecule has 29 heavy (non-hydrogen) atoms. The normalized spacial score (nSPS) is 17.7. The van der Waals surface area contributed by atoms with Crippen LogP contribution in [-0.2, 0) is 21.4 Å². The molecule has 2 heterocycles. The summed E-state index contributed by atoms with van der Waals surface area (Å²) in [6.45, 7) is 3.15. The smallest absolute Gasteiger partial charge is 0.243 e. The number of halogens is 1. The predicted octanol–water partition coefficient (Wildman–Crippen LogP) is 2.85. The predicted molar refractivity (Wildman–Crippen MR) is 110 cm³/mol. The molecule has 1 aromatic heterocycles. The van der Waals surface area contributed by atoms with Crippen LogP contribution >= 0.6 is 11.6 Å². The van der Waals surface area contributed by atoms with Crippen LogP contribution < -0.4 is 10.1 Å². The number of hydrogen-bond acceptors (Lipinski definition) is 5. The molecule has 7 nitrogen and oxygen atoms in total. The molecular weight excluding hydrogens is 414 g/mol. The zero-order valence-electron chi connectivity index (χ0n) is 16.2. The molecule has 1 fully saturated rings. The van der Waals surface area contributed by atoms with Gasteiger partial charge in [0.2, 0.25) is 15.9 Å². The van der Waals surface area contributed by atoms with Crippen molar-refractivity contribution in [3.8, 4) is 5.75 Å². The topological polar surface area (TPSA) is 88.6 Å². The molecule has 1 amide bonds. The zero-order valence-corrected chi connectivity index (χ0v) is 17.7. The van der Waals surface area contributed by atoms with Gasteiger partial charge in [0.25, 0.3) is 0 Å². The van der Waals surface area contributed by atoms with E-state index < -0.39 is 15.9 Å². The Morgan fingerprint density at radius 3 is 2.90 bits per heavy atom. The highest BCUT2D eigenvalue weighted by molar-refractivity contribution is 7.89. The Labute approximate surface area is 176 Å². The average molecular weight is 438 g/mol. The summed E-state index contributed by atoms with van der Waals surface area (Å²) in [5, 5.41) is 3.12. The van der Waals surface area contributed by atoms with Gasteiger partial charge in [-0.25, -0.2) is 8.42 Å². The van der Waals surface area contributed by atoms with Crippen LogP contribution in [0, 0.1) is 5.92 Å². The molecule has 9 heteroatoms. The molecule has 1 aromatic carbocycles. The van der Waals surface area contributed by atoms with Gasteiger partial charge in [0.15, 0.2) is 0 Å². The molecule has 0 saturated carbocycles. The number of benzene rings is 1. The van der Waals surface area contributed by atoms with E-state index in [9.17, 15) is 13.2 Å². The molecule has 1 aliphatic heterocycles. The second kappa shape index (κ2) is 9.56. The second-order valence-electron chi connectivity index (χ2n) is 6.81. The highest BCUT2D eigenvalue weighted by Crippen LogP contribution is 2.30. The number of carbonyl (C=O) groups is 1. The number of amides is 1. The number of pyridine rings is 1. The number of hydrogen-bond donors (Lipinski definition) is 1. The van der Waals surface area contributed by atoms with Gasteiger partial charge in [-0.1, -0.05) is 17.7 Å². The number of nitrogens with one attached hydrogen (secondary N) is 1. The highest BCUT2D eigenvalue weighted by atomic mass is 35.5. The summed E-state index contributed by atoms with van der Waals surface area (Å²) >= 11 is 6.15. The van der Waals surface area contributed by atoms with E-state index in [1.807, 2.05) is 13.0 Å². The molecule has 1 saturated heterocycles. The summed E-state index contributed by atoms with van der Waals surface area (Å²) in [7, 11) is -3.75.